The van der Waals surface area contributed by atoms with Crippen molar-refractivity contribution in [1.82, 2.24) is 0 Å². The zero-order valence-electron chi connectivity index (χ0n) is 20.8. The Morgan fingerprint density at radius 3 is 1.91 bits per heavy atom. The number of carbonyl (C=O) groups is 2. The first-order chi connectivity index (χ1) is 16.1. The number of aliphatic carboxylic acids is 1. The Balaban J connectivity index is 2.06. The van der Waals surface area contributed by atoms with Crippen LogP contribution in [0.1, 0.15) is 103 Å². The number of rotatable bonds is 21. The summed E-state index contributed by atoms with van der Waals surface area (Å²) in [6, 6.07) is 7.01. The zero-order chi connectivity index (χ0) is 24.2. The number of amides is 1. The van der Waals surface area contributed by atoms with Gasteiger partial charge >= 0.3 is 5.97 Å². The van der Waals surface area contributed by atoms with Gasteiger partial charge in [0.15, 0.2) is 6.10 Å². The predicted octanol–water partition coefficient (Wildman–Crippen LogP) is 7.69. The number of thioether (sulfide) groups is 1. The van der Waals surface area contributed by atoms with Crippen LogP contribution in [-0.4, -0.2) is 35.1 Å². The lowest BCUT2D eigenvalue weighted by Crippen LogP contribution is -2.26. The molecule has 1 aromatic rings. The van der Waals surface area contributed by atoms with Crippen LogP contribution in [0.5, 0.6) is 5.75 Å². The lowest BCUT2D eigenvalue weighted by Gasteiger charge is -2.16. The number of carboxylic acid groups (broad SMARTS) is 1. The van der Waals surface area contributed by atoms with Gasteiger partial charge in [0, 0.05) is 6.42 Å². The maximum atomic E-state index is 12.3. The van der Waals surface area contributed by atoms with Crippen molar-refractivity contribution in [2.45, 2.75) is 109 Å². The highest BCUT2D eigenvalue weighted by atomic mass is 32.2. The van der Waals surface area contributed by atoms with E-state index < -0.39 is 12.1 Å². The third kappa shape index (κ3) is 14.9. The summed E-state index contributed by atoms with van der Waals surface area (Å²) < 4.78 is 5.57. The van der Waals surface area contributed by atoms with Crippen LogP contribution in [0.3, 0.4) is 0 Å². The summed E-state index contributed by atoms with van der Waals surface area (Å²) in [5, 5.41) is 12.1. The van der Waals surface area contributed by atoms with Gasteiger partial charge in [-0.3, -0.25) is 4.79 Å². The maximum absolute atomic E-state index is 12.3. The normalized spacial score (nSPS) is 11.8. The van der Waals surface area contributed by atoms with E-state index in [4.69, 9.17) is 4.74 Å². The maximum Gasteiger partial charge on any atom is 0.344 e. The van der Waals surface area contributed by atoms with E-state index in [1.54, 1.807) is 31.2 Å². The Morgan fingerprint density at radius 1 is 0.879 bits per heavy atom. The number of ether oxygens (including phenoxy) is 1. The predicted molar refractivity (Wildman–Crippen MR) is 140 cm³/mol. The van der Waals surface area contributed by atoms with Crippen molar-refractivity contribution in [3.8, 4) is 5.75 Å². The number of carboxylic acids is 1. The third-order valence-corrected chi connectivity index (χ3v) is 6.53. The molecule has 1 amide bonds. The fourth-order valence-corrected chi connectivity index (χ4v) is 4.32. The van der Waals surface area contributed by atoms with E-state index in [2.05, 4.69) is 11.6 Å². The average molecular weight is 480 g/mol. The minimum absolute atomic E-state index is 0.0529. The number of hydrogen-bond donors (Lipinski definition) is 2. The Kier molecular flexibility index (Phi) is 17.6. The second-order valence-electron chi connectivity index (χ2n) is 8.74. The van der Waals surface area contributed by atoms with Gasteiger partial charge in [-0.2, -0.15) is 11.8 Å². The molecule has 0 bridgehead atoms. The van der Waals surface area contributed by atoms with Gasteiger partial charge in [0.1, 0.15) is 5.75 Å². The van der Waals surface area contributed by atoms with Crippen molar-refractivity contribution in [2.75, 3.05) is 17.3 Å². The standard InChI is InChI=1S/C27H45NO4S/c1-3-24(27(30)31)32-25-20-17-16-19-23(25)28-26(29)21-15-13-11-9-7-5-4-6-8-10-12-14-18-22-33-2/h16-17,19-20,24H,3-15,18,21-22H2,1-2H3,(H,28,29)(H,30,31). The fraction of sp³-hybridized carbons (Fsp3) is 0.704. The van der Waals surface area contributed by atoms with Gasteiger partial charge in [0.05, 0.1) is 5.69 Å². The van der Waals surface area contributed by atoms with Crippen LogP contribution >= 0.6 is 11.8 Å². The number of nitrogens with one attached hydrogen (secondary N) is 1. The van der Waals surface area contributed by atoms with Crippen LogP contribution in [0.2, 0.25) is 0 Å². The first-order valence-electron chi connectivity index (χ1n) is 12.9. The summed E-state index contributed by atoms with van der Waals surface area (Å²) in [6.45, 7) is 1.76. The summed E-state index contributed by atoms with van der Waals surface area (Å²) in [5.74, 6) is 0.649. The SMILES string of the molecule is CCC(Oc1ccccc1NC(=O)CCCCCCCCCCCCCCCSC)C(=O)O. The number of para-hydroxylation sites is 2. The van der Waals surface area contributed by atoms with Crippen molar-refractivity contribution in [2.24, 2.45) is 0 Å². The van der Waals surface area contributed by atoms with Crippen LogP contribution in [0.25, 0.3) is 0 Å². The van der Waals surface area contributed by atoms with Crippen LogP contribution in [-0.2, 0) is 9.59 Å². The number of anilines is 1. The van der Waals surface area contributed by atoms with Gasteiger partial charge in [-0.25, -0.2) is 4.79 Å². The highest BCUT2D eigenvalue weighted by Gasteiger charge is 2.18. The lowest BCUT2D eigenvalue weighted by molar-refractivity contribution is -0.145. The quantitative estimate of drug-likeness (QED) is 0.177. The first-order valence-corrected chi connectivity index (χ1v) is 14.2. The van der Waals surface area contributed by atoms with E-state index in [9.17, 15) is 14.7 Å². The molecule has 0 fully saturated rings. The van der Waals surface area contributed by atoms with E-state index >= 15 is 0 Å². The average Bonchev–Trinajstić information content (AvgIpc) is 2.80. The molecule has 1 atom stereocenters. The minimum Gasteiger partial charge on any atom is -0.479 e. The van der Waals surface area contributed by atoms with Crippen LogP contribution < -0.4 is 10.1 Å². The van der Waals surface area contributed by atoms with Crippen LogP contribution in [0.15, 0.2) is 24.3 Å². The molecule has 1 aromatic carbocycles. The molecular weight excluding hydrogens is 434 g/mol. The number of carbonyl (C=O) groups excluding carboxylic acids is 1. The van der Waals surface area contributed by atoms with Gasteiger partial charge < -0.3 is 15.2 Å². The molecule has 0 saturated heterocycles. The van der Waals surface area contributed by atoms with Crippen molar-refractivity contribution < 1.29 is 19.4 Å². The Hall–Kier alpha value is -1.69. The number of unbranched alkanes of at least 4 members (excludes halogenated alkanes) is 12. The van der Waals surface area contributed by atoms with Gasteiger partial charge in [-0.15, -0.1) is 0 Å². The van der Waals surface area contributed by atoms with E-state index in [1.807, 2.05) is 11.8 Å². The Bertz CT molecular complexity index is 653. The first kappa shape index (κ1) is 29.3. The molecule has 0 radical (unpaired) electrons. The molecule has 2 N–H and O–H groups in total. The highest BCUT2D eigenvalue weighted by Crippen LogP contribution is 2.26. The Morgan fingerprint density at radius 2 is 1.39 bits per heavy atom. The summed E-state index contributed by atoms with van der Waals surface area (Å²) in [7, 11) is 0. The number of hydrogen-bond acceptors (Lipinski definition) is 4. The molecule has 0 aliphatic rings. The van der Waals surface area contributed by atoms with Crippen molar-refractivity contribution >= 4 is 29.3 Å². The van der Waals surface area contributed by atoms with Crippen LogP contribution in [0, 0.1) is 0 Å². The molecular formula is C27H45NO4S. The van der Waals surface area contributed by atoms with E-state index in [0.29, 0.717) is 24.3 Å². The molecule has 0 aliphatic heterocycles. The molecule has 5 nitrogen and oxygen atoms in total. The minimum atomic E-state index is -1.00. The zero-order valence-corrected chi connectivity index (χ0v) is 21.6. The van der Waals surface area contributed by atoms with E-state index in [0.717, 1.165) is 12.8 Å². The smallest absolute Gasteiger partial charge is 0.344 e. The molecule has 0 spiro atoms. The van der Waals surface area contributed by atoms with Gasteiger partial charge in [0.2, 0.25) is 5.91 Å². The van der Waals surface area contributed by atoms with Crippen molar-refractivity contribution in [3.63, 3.8) is 0 Å². The summed E-state index contributed by atoms with van der Waals surface area (Å²) in [6.07, 6.45) is 18.8. The lowest BCUT2D eigenvalue weighted by atomic mass is 10.0. The van der Waals surface area contributed by atoms with Gasteiger partial charge in [-0.1, -0.05) is 89.7 Å². The molecule has 33 heavy (non-hydrogen) atoms. The molecule has 0 aliphatic carbocycles. The monoisotopic (exact) mass is 479 g/mol. The Labute approximate surface area is 205 Å². The second-order valence-corrected chi connectivity index (χ2v) is 9.72. The molecule has 0 heterocycles. The van der Waals surface area contributed by atoms with Gasteiger partial charge in [-0.05, 0) is 43.4 Å². The summed E-state index contributed by atoms with van der Waals surface area (Å²) in [4.78, 5) is 23.5. The third-order valence-electron chi connectivity index (χ3n) is 5.83. The van der Waals surface area contributed by atoms with Crippen LogP contribution in [0.4, 0.5) is 5.69 Å². The van der Waals surface area contributed by atoms with E-state index in [1.165, 1.54) is 76.4 Å². The van der Waals surface area contributed by atoms with E-state index in [-0.39, 0.29) is 5.91 Å². The number of benzene rings is 1. The summed E-state index contributed by atoms with van der Waals surface area (Å²) in [5.41, 5.74) is 0.530. The molecule has 0 saturated carbocycles. The molecule has 6 heteroatoms. The van der Waals surface area contributed by atoms with Crippen molar-refractivity contribution in [1.29, 1.82) is 0 Å². The highest BCUT2D eigenvalue weighted by molar-refractivity contribution is 7.98. The molecule has 0 aromatic heterocycles. The largest absolute Gasteiger partial charge is 0.479 e. The molecule has 1 unspecified atom stereocenters. The van der Waals surface area contributed by atoms with Gasteiger partial charge in [0.25, 0.3) is 0 Å². The molecule has 188 valence electrons. The molecule has 1 rings (SSSR count). The second kappa shape index (κ2) is 19.7. The topological polar surface area (TPSA) is 75.6 Å². The fourth-order valence-electron chi connectivity index (χ4n) is 3.82. The van der Waals surface area contributed by atoms with Crippen molar-refractivity contribution in [3.05, 3.63) is 24.3 Å². The summed E-state index contributed by atoms with van der Waals surface area (Å²) >= 11 is 1.95.